The summed E-state index contributed by atoms with van der Waals surface area (Å²) in [7, 11) is 0. The maximum atomic E-state index is 9.66. The highest BCUT2D eigenvalue weighted by Gasteiger charge is 2.41. The van der Waals surface area contributed by atoms with Crippen LogP contribution in [0.4, 0.5) is 5.69 Å². The quantitative estimate of drug-likeness (QED) is 0.883. The van der Waals surface area contributed by atoms with Crippen molar-refractivity contribution in [3.05, 3.63) is 29.8 Å². The zero-order valence-electron chi connectivity index (χ0n) is 11.5. The van der Waals surface area contributed by atoms with E-state index in [2.05, 4.69) is 41.4 Å². The van der Waals surface area contributed by atoms with E-state index in [0.717, 1.165) is 25.1 Å². The Kier molecular flexibility index (Phi) is 3.20. The van der Waals surface area contributed by atoms with Gasteiger partial charge in [-0.3, -0.25) is 0 Å². The predicted octanol–water partition coefficient (Wildman–Crippen LogP) is 2.93. The van der Waals surface area contributed by atoms with Crippen molar-refractivity contribution in [1.82, 2.24) is 4.90 Å². The molecule has 0 amide bonds. The molecule has 2 unspecified atom stereocenters. The number of piperidine rings is 1. The third-order valence-electron chi connectivity index (χ3n) is 4.52. The minimum Gasteiger partial charge on any atom is -0.367 e. The number of nitriles is 1. The largest absolute Gasteiger partial charge is 0.367 e. The molecule has 0 radical (unpaired) electrons. The van der Waals surface area contributed by atoms with Gasteiger partial charge in [-0.25, -0.2) is 0 Å². The fraction of sp³-hybridized carbons (Fsp3) is 0.562. The van der Waals surface area contributed by atoms with E-state index in [1.54, 1.807) is 0 Å². The van der Waals surface area contributed by atoms with Crippen LogP contribution in [0.25, 0.3) is 0 Å². The van der Waals surface area contributed by atoms with Gasteiger partial charge >= 0.3 is 0 Å². The van der Waals surface area contributed by atoms with Crippen LogP contribution in [0.3, 0.4) is 0 Å². The van der Waals surface area contributed by atoms with Gasteiger partial charge < -0.3 is 10.2 Å². The first-order chi connectivity index (χ1) is 9.21. The fourth-order valence-corrected chi connectivity index (χ4v) is 3.50. The van der Waals surface area contributed by atoms with Gasteiger partial charge in [0.2, 0.25) is 0 Å². The number of nitrogens with zero attached hydrogens (tertiary/aromatic N) is 2. The molecule has 0 spiro atoms. The summed E-state index contributed by atoms with van der Waals surface area (Å²) >= 11 is 0. The highest BCUT2D eigenvalue weighted by molar-refractivity contribution is 5.50. The molecule has 1 aromatic rings. The van der Waals surface area contributed by atoms with Crippen molar-refractivity contribution in [2.45, 2.75) is 44.2 Å². The monoisotopic (exact) mass is 255 g/mol. The summed E-state index contributed by atoms with van der Waals surface area (Å²) in [5, 5.41) is 13.2. The third kappa shape index (κ3) is 2.46. The van der Waals surface area contributed by atoms with Crippen LogP contribution in [0.15, 0.2) is 24.3 Å². The number of anilines is 1. The van der Waals surface area contributed by atoms with E-state index in [1.807, 2.05) is 6.07 Å². The summed E-state index contributed by atoms with van der Waals surface area (Å²) in [6.07, 6.45) is 4.42. The second-order valence-electron chi connectivity index (χ2n) is 5.97. The van der Waals surface area contributed by atoms with Crippen molar-refractivity contribution < 1.29 is 0 Å². The van der Waals surface area contributed by atoms with Gasteiger partial charge in [-0.1, -0.05) is 12.1 Å². The molecule has 1 N–H and O–H groups in total. The maximum Gasteiger partial charge on any atom is 0.128 e. The molecule has 19 heavy (non-hydrogen) atoms. The van der Waals surface area contributed by atoms with Crippen LogP contribution in [0.2, 0.25) is 0 Å². The summed E-state index contributed by atoms with van der Waals surface area (Å²) in [6.45, 7) is 4.36. The highest BCUT2D eigenvalue weighted by atomic mass is 15.2. The van der Waals surface area contributed by atoms with Crippen LogP contribution in [0.5, 0.6) is 0 Å². The second-order valence-corrected chi connectivity index (χ2v) is 5.97. The van der Waals surface area contributed by atoms with Gasteiger partial charge in [-0.15, -0.1) is 0 Å². The number of hydrogen-bond donors (Lipinski definition) is 1. The second kappa shape index (κ2) is 4.86. The molecule has 2 aliphatic heterocycles. The van der Waals surface area contributed by atoms with E-state index < -0.39 is 0 Å². The lowest BCUT2D eigenvalue weighted by Crippen LogP contribution is -2.51. The van der Waals surface area contributed by atoms with E-state index in [4.69, 9.17) is 0 Å². The van der Waals surface area contributed by atoms with Gasteiger partial charge in [0.15, 0.2) is 0 Å². The standard InChI is InChI=1S/C16H21N3/c1-13-4-2-5-14(10-13)18-16(12-17)7-9-19-8-3-6-15(19)11-16/h2,4-5,10,15,18H,3,6-9,11H2,1H3. The Labute approximate surface area is 115 Å². The van der Waals surface area contributed by atoms with Crippen LogP contribution < -0.4 is 5.32 Å². The molecule has 0 bridgehead atoms. The Bertz CT molecular complexity index is 505. The summed E-state index contributed by atoms with van der Waals surface area (Å²) in [5.74, 6) is 0. The molecule has 0 aromatic heterocycles. The van der Waals surface area contributed by atoms with Crippen LogP contribution in [-0.2, 0) is 0 Å². The molecule has 2 saturated heterocycles. The minimum absolute atomic E-state index is 0.376. The Morgan fingerprint density at radius 3 is 3.11 bits per heavy atom. The van der Waals surface area contributed by atoms with E-state index >= 15 is 0 Å². The molecule has 3 rings (SSSR count). The Hall–Kier alpha value is -1.53. The first kappa shape index (κ1) is 12.5. The first-order valence-electron chi connectivity index (χ1n) is 7.21. The predicted molar refractivity (Wildman–Crippen MR) is 77.0 cm³/mol. The van der Waals surface area contributed by atoms with Crippen LogP contribution in [0.1, 0.15) is 31.2 Å². The zero-order chi connectivity index (χ0) is 13.3. The lowest BCUT2D eigenvalue weighted by Gasteiger charge is -2.41. The van der Waals surface area contributed by atoms with Gasteiger partial charge in [0, 0.05) is 18.3 Å². The van der Waals surface area contributed by atoms with Gasteiger partial charge in [-0.05, 0) is 56.8 Å². The van der Waals surface area contributed by atoms with Crippen LogP contribution >= 0.6 is 0 Å². The molecule has 2 fully saturated rings. The third-order valence-corrected chi connectivity index (χ3v) is 4.52. The number of aryl methyl sites for hydroxylation is 1. The first-order valence-corrected chi connectivity index (χ1v) is 7.21. The summed E-state index contributed by atoms with van der Waals surface area (Å²) in [5.41, 5.74) is 1.93. The van der Waals surface area contributed by atoms with Gasteiger partial charge in [0.25, 0.3) is 0 Å². The average Bonchev–Trinajstić information content (AvgIpc) is 2.86. The Balaban J connectivity index is 1.78. The van der Waals surface area contributed by atoms with Crippen molar-refractivity contribution in [3.63, 3.8) is 0 Å². The van der Waals surface area contributed by atoms with E-state index in [1.165, 1.54) is 24.9 Å². The van der Waals surface area contributed by atoms with Gasteiger partial charge in [0.1, 0.15) is 5.54 Å². The van der Waals surface area contributed by atoms with E-state index in [0.29, 0.717) is 6.04 Å². The van der Waals surface area contributed by atoms with Crippen molar-refractivity contribution in [1.29, 1.82) is 5.26 Å². The number of benzene rings is 1. The average molecular weight is 255 g/mol. The highest BCUT2D eigenvalue weighted by Crippen LogP contribution is 2.35. The molecule has 2 atom stereocenters. The SMILES string of the molecule is Cc1cccc(NC2(C#N)CCN3CCCC3C2)c1. The molecular formula is C16H21N3. The molecule has 100 valence electrons. The molecule has 2 heterocycles. The van der Waals surface area contributed by atoms with E-state index in [9.17, 15) is 5.26 Å². The van der Waals surface area contributed by atoms with Crippen molar-refractivity contribution in [3.8, 4) is 6.07 Å². The number of nitrogens with one attached hydrogen (secondary N) is 1. The maximum absolute atomic E-state index is 9.66. The van der Waals surface area contributed by atoms with Crippen molar-refractivity contribution in [2.75, 3.05) is 18.4 Å². The molecule has 0 aliphatic carbocycles. The molecular weight excluding hydrogens is 234 g/mol. The lowest BCUT2D eigenvalue weighted by atomic mass is 9.84. The van der Waals surface area contributed by atoms with Crippen LogP contribution in [-0.4, -0.2) is 29.6 Å². The topological polar surface area (TPSA) is 39.1 Å². The van der Waals surface area contributed by atoms with Crippen molar-refractivity contribution in [2.24, 2.45) is 0 Å². The minimum atomic E-state index is -0.376. The Morgan fingerprint density at radius 1 is 1.42 bits per heavy atom. The number of rotatable bonds is 2. The zero-order valence-corrected chi connectivity index (χ0v) is 11.5. The van der Waals surface area contributed by atoms with Gasteiger partial charge in [0.05, 0.1) is 6.07 Å². The Morgan fingerprint density at radius 2 is 2.32 bits per heavy atom. The molecule has 3 nitrogen and oxygen atoms in total. The summed E-state index contributed by atoms with van der Waals surface area (Å²) < 4.78 is 0. The van der Waals surface area contributed by atoms with E-state index in [-0.39, 0.29) is 5.54 Å². The lowest BCUT2D eigenvalue weighted by molar-refractivity contribution is 0.165. The summed E-state index contributed by atoms with van der Waals surface area (Å²) in [6, 6.07) is 11.5. The molecule has 1 aromatic carbocycles. The number of hydrogen-bond acceptors (Lipinski definition) is 3. The number of fused-ring (bicyclic) bond motifs is 1. The van der Waals surface area contributed by atoms with Crippen molar-refractivity contribution >= 4 is 5.69 Å². The summed E-state index contributed by atoms with van der Waals surface area (Å²) in [4.78, 5) is 2.55. The van der Waals surface area contributed by atoms with Gasteiger partial charge in [-0.2, -0.15) is 5.26 Å². The molecule has 2 aliphatic rings. The molecule has 0 saturated carbocycles. The normalized spacial score (nSPS) is 30.6. The molecule has 3 heteroatoms. The van der Waals surface area contributed by atoms with Crippen LogP contribution in [0, 0.1) is 18.3 Å². The fourth-order valence-electron chi connectivity index (χ4n) is 3.50. The smallest absolute Gasteiger partial charge is 0.128 e.